The van der Waals surface area contributed by atoms with Gasteiger partial charge in [-0.1, -0.05) is 26.7 Å². The van der Waals surface area contributed by atoms with Crippen LogP contribution in [0.3, 0.4) is 0 Å². The number of nitrogens with two attached hydrogens (primary N) is 3. The zero-order valence-electron chi connectivity index (χ0n) is 22.7. The van der Waals surface area contributed by atoms with Crippen LogP contribution in [0.4, 0.5) is 0 Å². The van der Waals surface area contributed by atoms with E-state index in [1.165, 1.54) is 0 Å². The average Bonchev–Trinajstić information content (AvgIpc) is 2.83. The lowest BCUT2D eigenvalue weighted by Crippen LogP contribution is -2.56. The molecule has 0 spiro atoms. The van der Waals surface area contributed by atoms with Crippen molar-refractivity contribution >= 4 is 23.6 Å². The summed E-state index contributed by atoms with van der Waals surface area (Å²) in [6.45, 7) is 6.84. The molecule has 5 unspecified atom stereocenters. The van der Waals surface area contributed by atoms with Gasteiger partial charge < -0.3 is 38.5 Å². The summed E-state index contributed by atoms with van der Waals surface area (Å²) in [5.74, 6) is -2.05. The Morgan fingerprint density at radius 3 is 1.75 bits per heavy atom. The lowest BCUT2D eigenvalue weighted by Gasteiger charge is -2.25. The monoisotopic (exact) mass is 513 g/mol. The fraction of sp³-hybridized carbons (Fsp3) is 0.840. The summed E-state index contributed by atoms with van der Waals surface area (Å²) in [7, 11) is 1.85. The van der Waals surface area contributed by atoms with Crippen LogP contribution in [0, 0.1) is 5.92 Å². The third-order valence-electron chi connectivity index (χ3n) is 6.14. The van der Waals surface area contributed by atoms with Crippen molar-refractivity contribution in [2.75, 3.05) is 20.1 Å². The van der Waals surface area contributed by atoms with Gasteiger partial charge in [-0.3, -0.25) is 19.2 Å². The highest BCUT2D eigenvalue weighted by atomic mass is 16.2. The van der Waals surface area contributed by atoms with E-state index in [0.717, 1.165) is 25.8 Å². The number of nitrogens with one attached hydrogen (secondary N) is 4. The van der Waals surface area contributed by atoms with E-state index in [4.69, 9.17) is 17.2 Å². The van der Waals surface area contributed by atoms with Crippen molar-refractivity contribution in [2.24, 2.45) is 23.1 Å². The van der Waals surface area contributed by atoms with Gasteiger partial charge in [-0.2, -0.15) is 0 Å². The Labute approximate surface area is 216 Å². The topological polar surface area (TPSA) is 194 Å². The van der Waals surface area contributed by atoms with Crippen LogP contribution in [0.5, 0.6) is 0 Å². The average molecular weight is 514 g/mol. The van der Waals surface area contributed by atoms with E-state index in [1.54, 1.807) is 6.92 Å². The van der Waals surface area contributed by atoms with Crippen molar-refractivity contribution in [1.29, 1.82) is 0 Å². The fourth-order valence-electron chi connectivity index (χ4n) is 3.71. The molecule has 210 valence electrons. The van der Waals surface area contributed by atoms with Crippen molar-refractivity contribution in [2.45, 2.75) is 109 Å². The van der Waals surface area contributed by atoms with Gasteiger partial charge in [0.05, 0.1) is 0 Å². The zero-order chi connectivity index (χ0) is 27.5. The molecule has 0 aromatic heterocycles. The maximum absolute atomic E-state index is 13.1. The van der Waals surface area contributed by atoms with Crippen molar-refractivity contribution in [1.82, 2.24) is 21.3 Å². The van der Waals surface area contributed by atoms with Gasteiger partial charge in [0, 0.05) is 12.0 Å². The van der Waals surface area contributed by atoms with Crippen molar-refractivity contribution in [3.05, 3.63) is 0 Å². The Balaban J connectivity index is 5.32. The molecule has 0 saturated heterocycles. The molecule has 0 rings (SSSR count). The third-order valence-corrected chi connectivity index (χ3v) is 6.14. The van der Waals surface area contributed by atoms with E-state index in [1.807, 2.05) is 20.9 Å². The van der Waals surface area contributed by atoms with Crippen LogP contribution in [0.2, 0.25) is 0 Å². The standard InChI is InChI=1S/C25H51N7O4/c1-5-6-10-20(24(35)30-19(22(28)33)11-7-8-16-29-4)32-25(36)21(12-9-15-26)31-23(34)17(2)13-14-18(3)27/h17-21,29H,5-16,26-27H2,1-4H3,(H2,28,33)(H,30,35)(H,31,34)(H,32,36). The lowest BCUT2D eigenvalue weighted by atomic mass is 10.0. The predicted octanol–water partition coefficient (Wildman–Crippen LogP) is 0.00840. The van der Waals surface area contributed by atoms with Gasteiger partial charge in [0.15, 0.2) is 0 Å². The molecule has 4 amide bonds. The van der Waals surface area contributed by atoms with E-state index in [-0.39, 0.29) is 17.9 Å². The van der Waals surface area contributed by atoms with E-state index in [2.05, 4.69) is 21.3 Å². The van der Waals surface area contributed by atoms with Crippen LogP contribution in [0.1, 0.15) is 85.0 Å². The third kappa shape index (κ3) is 15.0. The largest absolute Gasteiger partial charge is 0.368 e. The number of carbonyl (C=O) groups excluding carboxylic acids is 4. The molecule has 0 aromatic rings. The molecular weight excluding hydrogens is 462 g/mol. The first-order valence-electron chi connectivity index (χ1n) is 13.4. The molecule has 11 nitrogen and oxygen atoms in total. The van der Waals surface area contributed by atoms with E-state index >= 15 is 0 Å². The highest BCUT2D eigenvalue weighted by Gasteiger charge is 2.29. The van der Waals surface area contributed by atoms with E-state index in [9.17, 15) is 19.2 Å². The summed E-state index contributed by atoms with van der Waals surface area (Å²) in [5.41, 5.74) is 16.9. The maximum Gasteiger partial charge on any atom is 0.243 e. The molecule has 0 aliphatic carbocycles. The van der Waals surface area contributed by atoms with Gasteiger partial charge in [-0.05, 0) is 78.4 Å². The summed E-state index contributed by atoms with van der Waals surface area (Å²) < 4.78 is 0. The van der Waals surface area contributed by atoms with Gasteiger partial charge in [-0.15, -0.1) is 0 Å². The van der Waals surface area contributed by atoms with Gasteiger partial charge in [-0.25, -0.2) is 0 Å². The van der Waals surface area contributed by atoms with E-state index in [0.29, 0.717) is 51.5 Å². The van der Waals surface area contributed by atoms with Crippen LogP contribution in [0.15, 0.2) is 0 Å². The Morgan fingerprint density at radius 2 is 1.25 bits per heavy atom. The number of unbranched alkanes of at least 4 members (excludes halogenated alkanes) is 2. The minimum absolute atomic E-state index is 0.0121. The summed E-state index contributed by atoms with van der Waals surface area (Å²) in [4.78, 5) is 50.8. The second kappa shape index (κ2) is 19.9. The number of amides is 4. The minimum Gasteiger partial charge on any atom is -0.368 e. The van der Waals surface area contributed by atoms with Crippen LogP contribution >= 0.6 is 0 Å². The maximum atomic E-state index is 13.1. The number of hydrogen-bond acceptors (Lipinski definition) is 7. The summed E-state index contributed by atoms with van der Waals surface area (Å²) in [6, 6.07) is -2.48. The summed E-state index contributed by atoms with van der Waals surface area (Å²) in [5, 5.41) is 11.3. The molecule has 10 N–H and O–H groups in total. The van der Waals surface area contributed by atoms with Crippen molar-refractivity contribution in [3.63, 3.8) is 0 Å². The molecular formula is C25H51N7O4. The molecule has 5 atom stereocenters. The first-order valence-corrected chi connectivity index (χ1v) is 13.4. The molecule has 0 fully saturated rings. The molecule has 0 aliphatic heterocycles. The zero-order valence-corrected chi connectivity index (χ0v) is 22.7. The SMILES string of the molecule is CCCCC(NC(=O)C(CCCN)NC(=O)C(C)CCC(C)N)C(=O)NC(CCCCNC)C(N)=O. The highest BCUT2D eigenvalue weighted by Crippen LogP contribution is 2.10. The molecule has 0 bridgehead atoms. The first kappa shape index (κ1) is 33.8. The summed E-state index contributed by atoms with van der Waals surface area (Å²) >= 11 is 0. The molecule has 11 heteroatoms. The molecule has 36 heavy (non-hydrogen) atoms. The lowest BCUT2D eigenvalue weighted by molar-refractivity contribution is -0.134. The van der Waals surface area contributed by atoms with Crippen LogP contribution in [-0.4, -0.2) is 67.9 Å². The molecule has 0 heterocycles. The Hall–Kier alpha value is -2.24. The Kier molecular flexibility index (Phi) is 18.7. The highest BCUT2D eigenvalue weighted by molar-refractivity contribution is 5.94. The summed E-state index contributed by atoms with van der Waals surface area (Å²) in [6.07, 6.45) is 6.12. The number of rotatable bonds is 21. The Morgan fingerprint density at radius 1 is 0.722 bits per heavy atom. The first-order chi connectivity index (χ1) is 17.1. The second-order valence-electron chi connectivity index (χ2n) is 9.71. The molecule has 0 radical (unpaired) electrons. The minimum atomic E-state index is -0.843. The van der Waals surface area contributed by atoms with Crippen LogP contribution < -0.4 is 38.5 Å². The molecule has 0 aliphatic rings. The number of carbonyl (C=O) groups is 4. The quantitative estimate of drug-likeness (QED) is 0.105. The number of hydrogen-bond donors (Lipinski definition) is 7. The van der Waals surface area contributed by atoms with Crippen LogP contribution in [-0.2, 0) is 19.2 Å². The smallest absolute Gasteiger partial charge is 0.243 e. The van der Waals surface area contributed by atoms with Gasteiger partial charge >= 0.3 is 0 Å². The second-order valence-corrected chi connectivity index (χ2v) is 9.71. The van der Waals surface area contributed by atoms with Crippen LogP contribution in [0.25, 0.3) is 0 Å². The predicted molar refractivity (Wildman–Crippen MR) is 143 cm³/mol. The normalized spacial score (nSPS) is 15.3. The van der Waals surface area contributed by atoms with Crippen molar-refractivity contribution < 1.29 is 19.2 Å². The number of primary amides is 1. The van der Waals surface area contributed by atoms with E-state index < -0.39 is 35.8 Å². The van der Waals surface area contributed by atoms with Gasteiger partial charge in [0.2, 0.25) is 23.6 Å². The molecule has 0 aromatic carbocycles. The van der Waals surface area contributed by atoms with Crippen molar-refractivity contribution in [3.8, 4) is 0 Å². The van der Waals surface area contributed by atoms with Gasteiger partial charge in [0.1, 0.15) is 18.1 Å². The van der Waals surface area contributed by atoms with Gasteiger partial charge in [0.25, 0.3) is 0 Å². The fourth-order valence-corrected chi connectivity index (χ4v) is 3.71. The molecule has 0 saturated carbocycles. The Bertz CT molecular complexity index is 660.